The smallest absolute Gasteiger partial charge is 0.258 e. The van der Waals surface area contributed by atoms with Crippen LogP contribution >= 0.6 is 0 Å². The van der Waals surface area contributed by atoms with E-state index in [1.54, 1.807) is 12.1 Å². The molecule has 1 amide bonds. The Labute approximate surface area is 129 Å². The van der Waals surface area contributed by atoms with E-state index >= 15 is 0 Å². The maximum absolute atomic E-state index is 13.1. The molecule has 0 unspecified atom stereocenters. The van der Waals surface area contributed by atoms with E-state index in [0.29, 0.717) is 11.7 Å². The van der Waals surface area contributed by atoms with Crippen molar-refractivity contribution >= 4 is 5.91 Å². The minimum absolute atomic E-state index is 0.0322. The Balaban J connectivity index is 1.58. The molecular weight excluding hydrogens is 281 g/mol. The van der Waals surface area contributed by atoms with Crippen molar-refractivity contribution in [3.05, 3.63) is 66.0 Å². The molecule has 1 saturated carbocycles. The first-order valence-electron chi connectivity index (χ1n) is 7.45. The van der Waals surface area contributed by atoms with Crippen LogP contribution in [0.2, 0.25) is 0 Å². The highest BCUT2D eigenvalue weighted by atomic mass is 19.1. The average molecular weight is 299 g/mol. The molecule has 3 nitrogen and oxygen atoms in total. The molecule has 3 rings (SSSR count). The lowest BCUT2D eigenvalue weighted by Crippen LogP contribution is -2.33. The fraction of sp³-hybridized carbons (Fsp3) is 0.278. The summed E-state index contributed by atoms with van der Waals surface area (Å²) in [5.41, 5.74) is 1.11. The van der Waals surface area contributed by atoms with E-state index in [9.17, 15) is 9.18 Å². The first-order chi connectivity index (χ1) is 10.7. The minimum atomic E-state index is -0.377. The van der Waals surface area contributed by atoms with Crippen molar-refractivity contribution in [2.24, 2.45) is 5.92 Å². The van der Waals surface area contributed by atoms with Crippen molar-refractivity contribution < 1.29 is 13.9 Å². The largest absolute Gasteiger partial charge is 0.484 e. The fourth-order valence-electron chi connectivity index (χ4n) is 2.48. The van der Waals surface area contributed by atoms with Crippen molar-refractivity contribution in [3.8, 4) is 5.75 Å². The zero-order chi connectivity index (χ0) is 15.4. The molecule has 1 atom stereocenters. The van der Waals surface area contributed by atoms with Crippen LogP contribution in [0.25, 0.3) is 0 Å². The summed E-state index contributed by atoms with van der Waals surface area (Å²) in [6.07, 6.45) is 2.26. The Kier molecular flexibility index (Phi) is 4.37. The summed E-state index contributed by atoms with van der Waals surface area (Å²) >= 11 is 0. The minimum Gasteiger partial charge on any atom is -0.484 e. The number of rotatable bonds is 6. The third-order valence-corrected chi connectivity index (χ3v) is 3.73. The van der Waals surface area contributed by atoms with E-state index in [0.717, 1.165) is 18.4 Å². The molecule has 2 aromatic carbocycles. The second-order valence-electron chi connectivity index (χ2n) is 5.54. The van der Waals surface area contributed by atoms with Crippen LogP contribution in [-0.2, 0) is 4.79 Å². The molecule has 2 aromatic rings. The Bertz CT molecular complexity index is 641. The molecule has 0 radical (unpaired) electrons. The summed E-state index contributed by atoms with van der Waals surface area (Å²) in [4.78, 5) is 12.1. The monoisotopic (exact) mass is 299 g/mol. The molecule has 4 heteroatoms. The third-order valence-electron chi connectivity index (χ3n) is 3.73. The van der Waals surface area contributed by atoms with E-state index in [4.69, 9.17) is 4.74 Å². The number of nitrogens with one attached hydrogen (secondary N) is 1. The van der Waals surface area contributed by atoms with Crippen molar-refractivity contribution in [1.29, 1.82) is 0 Å². The summed E-state index contributed by atoms with van der Waals surface area (Å²) in [7, 11) is 0. The zero-order valence-corrected chi connectivity index (χ0v) is 12.2. The predicted molar refractivity (Wildman–Crippen MR) is 81.9 cm³/mol. The van der Waals surface area contributed by atoms with Crippen LogP contribution in [0.3, 0.4) is 0 Å². The van der Waals surface area contributed by atoms with Gasteiger partial charge in [-0.05, 0) is 36.5 Å². The van der Waals surface area contributed by atoms with E-state index in [2.05, 4.69) is 5.32 Å². The van der Waals surface area contributed by atoms with Gasteiger partial charge in [0, 0.05) is 6.07 Å². The summed E-state index contributed by atoms with van der Waals surface area (Å²) in [6.45, 7) is -0.112. The lowest BCUT2D eigenvalue weighted by molar-refractivity contribution is -0.124. The second-order valence-corrected chi connectivity index (χ2v) is 5.54. The van der Waals surface area contributed by atoms with Gasteiger partial charge < -0.3 is 10.1 Å². The number of halogens is 1. The van der Waals surface area contributed by atoms with E-state index < -0.39 is 0 Å². The standard InChI is InChI=1S/C18H18FNO2/c19-15-7-4-8-16(11-15)22-12-17(21)20-18(14-9-10-14)13-5-2-1-3-6-13/h1-8,11,14,18H,9-10,12H2,(H,20,21)/t18-/m0/s1. The number of benzene rings is 2. The van der Waals surface area contributed by atoms with Gasteiger partial charge in [-0.2, -0.15) is 0 Å². The van der Waals surface area contributed by atoms with E-state index in [1.165, 1.54) is 12.1 Å². The Morgan fingerprint density at radius 1 is 1.18 bits per heavy atom. The van der Waals surface area contributed by atoms with Crippen LogP contribution in [-0.4, -0.2) is 12.5 Å². The number of ether oxygens (including phenoxy) is 1. The summed E-state index contributed by atoms with van der Waals surface area (Å²) in [5, 5.41) is 3.02. The van der Waals surface area contributed by atoms with Gasteiger partial charge in [-0.15, -0.1) is 0 Å². The second kappa shape index (κ2) is 6.60. The number of amides is 1. The summed E-state index contributed by atoms with van der Waals surface area (Å²) < 4.78 is 18.4. The van der Waals surface area contributed by atoms with Crippen LogP contribution < -0.4 is 10.1 Å². The molecule has 22 heavy (non-hydrogen) atoms. The molecule has 0 aliphatic heterocycles. The first-order valence-corrected chi connectivity index (χ1v) is 7.45. The Hall–Kier alpha value is -2.36. The molecule has 1 aliphatic rings. The molecule has 114 valence electrons. The number of carbonyl (C=O) groups excluding carboxylic acids is 1. The molecule has 1 aliphatic carbocycles. The highest BCUT2D eigenvalue weighted by Gasteiger charge is 2.33. The van der Waals surface area contributed by atoms with Gasteiger partial charge in [0.1, 0.15) is 11.6 Å². The first kappa shape index (κ1) is 14.6. The van der Waals surface area contributed by atoms with Gasteiger partial charge in [-0.3, -0.25) is 4.79 Å². The van der Waals surface area contributed by atoms with Crippen LogP contribution in [0.1, 0.15) is 24.4 Å². The van der Waals surface area contributed by atoms with Gasteiger partial charge in [-0.1, -0.05) is 36.4 Å². The molecule has 0 spiro atoms. The quantitative estimate of drug-likeness (QED) is 0.887. The predicted octanol–water partition coefficient (Wildman–Crippen LogP) is 3.47. The van der Waals surface area contributed by atoms with Crippen LogP contribution in [0, 0.1) is 11.7 Å². The summed E-state index contributed by atoms with van der Waals surface area (Å²) in [5.74, 6) is 0.293. The maximum Gasteiger partial charge on any atom is 0.258 e. The number of hydrogen-bond donors (Lipinski definition) is 1. The van der Waals surface area contributed by atoms with Crippen LogP contribution in [0.5, 0.6) is 5.75 Å². The van der Waals surface area contributed by atoms with Crippen molar-refractivity contribution in [1.82, 2.24) is 5.32 Å². The lowest BCUT2D eigenvalue weighted by atomic mass is 10.0. The summed E-state index contributed by atoms with van der Waals surface area (Å²) in [6, 6.07) is 15.8. The van der Waals surface area contributed by atoms with Crippen LogP contribution in [0.4, 0.5) is 4.39 Å². The average Bonchev–Trinajstić information content (AvgIpc) is 3.36. The molecule has 1 fully saturated rings. The highest BCUT2D eigenvalue weighted by molar-refractivity contribution is 5.78. The molecular formula is C18H18FNO2. The van der Waals surface area contributed by atoms with Crippen molar-refractivity contribution in [2.75, 3.05) is 6.61 Å². The number of carbonyl (C=O) groups is 1. The zero-order valence-electron chi connectivity index (χ0n) is 12.2. The normalized spacial score (nSPS) is 15.1. The van der Waals surface area contributed by atoms with Gasteiger partial charge >= 0.3 is 0 Å². The van der Waals surface area contributed by atoms with Gasteiger partial charge in [-0.25, -0.2) is 4.39 Å². The van der Waals surface area contributed by atoms with Gasteiger partial charge in [0.25, 0.3) is 5.91 Å². The SMILES string of the molecule is O=C(COc1cccc(F)c1)N[C@@H](c1ccccc1)C1CC1. The maximum atomic E-state index is 13.1. The molecule has 0 heterocycles. The topological polar surface area (TPSA) is 38.3 Å². The molecule has 1 N–H and O–H groups in total. The van der Waals surface area contributed by atoms with Crippen molar-refractivity contribution in [3.63, 3.8) is 0 Å². The molecule has 0 saturated heterocycles. The highest BCUT2D eigenvalue weighted by Crippen LogP contribution is 2.40. The van der Waals surface area contributed by atoms with Crippen molar-refractivity contribution in [2.45, 2.75) is 18.9 Å². The van der Waals surface area contributed by atoms with E-state index in [-0.39, 0.29) is 24.4 Å². The van der Waals surface area contributed by atoms with Gasteiger partial charge in [0.2, 0.25) is 0 Å². The molecule has 0 aromatic heterocycles. The Morgan fingerprint density at radius 2 is 1.95 bits per heavy atom. The van der Waals surface area contributed by atoms with E-state index in [1.807, 2.05) is 30.3 Å². The third kappa shape index (κ3) is 3.85. The fourth-order valence-corrected chi connectivity index (χ4v) is 2.48. The van der Waals surface area contributed by atoms with Gasteiger partial charge in [0.05, 0.1) is 6.04 Å². The van der Waals surface area contributed by atoms with Crippen LogP contribution in [0.15, 0.2) is 54.6 Å². The lowest BCUT2D eigenvalue weighted by Gasteiger charge is -2.19. The molecule has 0 bridgehead atoms. The van der Waals surface area contributed by atoms with Gasteiger partial charge in [0.15, 0.2) is 6.61 Å². The Morgan fingerprint density at radius 3 is 2.64 bits per heavy atom. The number of hydrogen-bond acceptors (Lipinski definition) is 2.